The summed E-state index contributed by atoms with van der Waals surface area (Å²) in [5.41, 5.74) is 1.31. The molecule has 0 N–H and O–H groups in total. The van der Waals surface area contributed by atoms with Crippen LogP contribution in [0.4, 0.5) is 0 Å². The number of fused-ring (bicyclic) bond motifs is 2. The molecule has 0 fully saturated rings. The van der Waals surface area contributed by atoms with Crippen LogP contribution in [0.1, 0.15) is 0 Å². The van der Waals surface area contributed by atoms with Crippen LogP contribution in [0.3, 0.4) is 0 Å². The highest BCUT2D eigenvalue weighted by Gasteiger charge is 2.09. The third-order valence-electron chi connectivity index (χ3n) is 3.47. The molecule has 0 atom stereocenters. The lowest BCUT2D eigenvalue weighted by molar-refractivity contribution is 1.74. The summed E-state index contributed by atoms with van der Waals surface area (Å²) in [6.45, 7) is 0. The predicted octanol–water partition coefficient (Wildman–Crippen LogP) is 5.52. The molecule has 0 nitrogen and oxygen atoms in total. The summed E-state index contributed by atoms with van der Waals surface area (Å²) in [4.78, 5) is 1.31. The van der Waals surface area contributed by atoms with Crippen LogP contribution in [0, 0.1) is 5.38 Å². The fourth-order valence-electron chi connectivity index (χ4n) is 2.55. The SMILES string of the molecule is [c]1sc(-c2cccc3ccccc23)c2ccccc12. The minimum absolute atomic E-state index is 1.20. The summed E-state index contributed by atoms with van der Waals surface area (Å²) in [5, 5.41) is 8.49. The molecule has 1 aromatic heterocycles. The van der Waals surface area contributed by atoms with Gasteiger partial charge in [-0.25, -0.2) is 0 Å². The molecule has 0 amide bonds. The third-order valence-corrected chi connectivity index (χ3v) is 4.43. The van der Waals surface area contributed by atoms with Crippen LogP contribution >= 0.6 is 11.3 Å². The van der Waals surface area contributed by atoms with Crippen molar-refractivity contribution in [2.45, 2.75) is 0 Å². The first-order chi connectivity index (χ1) is 9.43. The van der Waals surface area contributed by atoms with Crippen LogP contribution in [-0.2, 0) is 0 Å². The van der Waals surface area contributed by atoms with Gasteiger partial charge < -0.3 is 0 Å². The Morgan fingerprint density at radius 1 is 0.684 bits per heavy atom. The highest BCUT2D eigenvalue weighted by Crippen LogP contribution is 2.37. The Bertz CT molecular complexity index is 866. The predicted molar refractivity (Wildman–Crippen MR) is 83.6 cm³/mol. The Labute approximate surface area is 115 Å². The van der Waals surface area contributed by atoms with Gasteiger partial charge >= 0.3 is 0 Å². The van der Waals surface area contributed by atoms with E-state index in [-0.39, 0.29) is 0 Å². The van der Waals surface area contributed by atoms with Gasteiger partial charge in [0.2, 0.25) is 0 Å². The van der Waals surface area contributed by atoms with Gasteiger partial charge in [0.15, 0.2) is 0 Å². The summed E-state index contributed by atoms with van der Waals surface area (Å²) in [7, 11) is 0. The molecule has 0 saturated heterocycles. The quantitative estimate of drug-likeness (QED) is 0.422. The smallest absolute Gasteiger partial charge is 0.0534 e. The first kappa shape index (κ1) is 10.8. The van der Waals surface area contributed by atoms with E-state index in [0.717, 1.165) is 0 Å². The maximum Gasteiger partial charge on any atom is 0.0534 e. The van der Waals surface area contributed by atoms with E-state index < -0.39 is 0 Å². The van der Waals surface area contributed by atoms with Crippen LogP contribution < -0.4 is 0 Å². The molecule has 1 heteroatoms. The maximum atomic E-state index is 3.39. The molecule has 19 heavy (non-hydrogen) atoms. The van der Waals surface area contributed by atoms with Gasteiger partial charge in [-0.05, 0) is 10.8 Å². The van der Waals surface area contributed by atoms with Crippen LogP contribution in [0.25, 0.3) is 32.0 Å². The molecule has 4 aromatic rings. The molecular weight excluding hydrogens is 248 g/mol. The molecule has 1 radical (unpaired) electrons. The average molecular weight is 259 g/mol. The van der Waals surface area contributed by atoms with Crippen molar-refractivity contribution in [1.82, 2.24) is 0 Å². The number of thiophene rings is 1. The average Bonchev–Trinajstić information content (AvgIpc) is 2.90. The van der Waals surface area contributed by atoms with E-state index in [1.54, 1.807) is 11.3 Å². The van der Waals surface area contributed by atoms with Gasteiger partial charge in [-0.3, -0.25) is 0 Å². The van der Waals surface area contributed by atoms with Gasteiger partial charge in [-0.2, -0.15) is 0 Å². The first-order valence-corrected chi connectivity index (χ1v) is 7.12. The van der Waals surface area contributed by atoms with Gasteiger partial charge in [-0.15, -0.1) is 11.3 Å². The lowest BCUT2D eigenvalue weighted by atomic mass is 10.0. The Morgan fingerprint density at radius 2 is 1.42 bits per heavy atom. The third kappa shape index (κ3) is 1.66. The van der Waals surface area contributed by atoms with Crippen LogP contribution in [0.2, 0.25) is 0 Å². The second kappa shape index (κ2) is 4.22. The van der Waals surface area contributed by atoms with E-state index in [0.29, 0.717) is 0 Å². The van der Waals surface area contributed by atoms with Crippen LogP contribution in [-0.4, -0.2) is 0 Å². The number of hydrogen-bond acceptors (Lipinski definition) is 1. The second-order valence-electron chi connectivity index (χ2n) is 4.61. The molecular formula is C18H11S. The Morgan fingerprint density at radius 3 is 2.37 bits per heavy atom. The lowest BCUT2D eigenvalue weighted by Gasteiger charge is -2.05. The van der Waals surface area contributed by atoms with E-state index >= 15 is 0 Å². The van der Waals surface area contributed by atoms with Crippen molar-refractivity contribution in [2.75, 3.05) is 0 Å². The number of benzene rings is 3. The number of rotatable bonds is 1. The van der Waals surface area contributed by atoms with E-state index in [9.17, 15) is 0 Å². The van der Waals surface area contributed by atoms with Crippen molar-refractivity contribution < 1.29 is 0 Å². The van der Waals surface area contributed by atoms with Crippen molar-refractivity contribution in [3.8, 4) is 10.4 Å². The normalized spacial score (nSPS) is 11.2. The molecule has 0 bridgehead atoms. The van der Waals surface area contributed by atoms with Crippen molar-refractivity contribution in [3.05, 3.63) is 72.1 Å². The highest BCUT2D eigenvalue weighted by atomic mass is 32.1. The summed E-state index contributed by atoms with van der Waals surface area (Å²) in [5.74, 6) is 0. The molecule has 0 aliphatic rings. The van der Waals surface area contributed by atoms with E-state index in [1.165, 1.54) is 32.0 Å². The van der Waals surface area contributed by atoms with Crippen LogP contribution in [0.5, 0.6) is 0 Å². The largest absolute Gasteiger partial charge is 0.133 e. The summed E-state index contributed by atoms with van der Waals surface area (Å²) >= 11 is 1.71. The fourth-order valence-corrected chi connectivity index (χ4v) is 3.52. The van der Waals surface area contributed by atoms with Crippen molar-refractivity contribution in [1.29, 1.82) is 0 Å². The zero-order valence-electron chi connectivity index (χ0n) is 10.3. The van der Waals surface area contributed by atoms with E-state index in [4.69, 9.17) is 0 Å². The second-order valence-corrected chi connectivity index (χ2v) is 5.42. The molecule has 89 valence electrons. The molecule has 0 aliphatic carbocycles. The highest BCUT2D eigenvalue weighted by molar-refractivity contribution is 7.15. The Hall–Kier alpha value is -2.12. The Balaban J connectivity index is 2.10. The zero-order valence-corrected chi connectivity index (χ0v) is 11.1. The Kier molecular flexibility index (Phi) is 2.39. The monoisotopic (exact) mass is 259 g/mol. The topological polar surface area (TPSA) is 0 Å². The molecule has 0 spiro atoms. The maximum absolute atomic E-state index is 3.39. The lowest BCUT2D eigenvalue weighted by Crippen LogP contribution is -1.78. The van der Waals surface area contributed by atoms with Crippen molar-refractivity contribution >= 4 is 32.9 Å². The van der Waals surface area contributed by atoms with Gasteiger partial charge in [0, 0.05) is 21.2 Å². The molecule has 0 saturated carbocycles. The molecule has 3 aromatic carbocycles. The molecule has 4 rings (SSSR count). The summed E-state index contributed by atoms with van der Waals surface area (Å²) in [6, 6.07) is 23.5. The van der Waals surface area contributed by atoms with E-state index in [1.807, 2.05) is 0 Å². The number of hydrogen-bond donors (Lipinski definition) is 0. The van der Waals surface area contributed by atoms with Gasteiger partial charge in [0.25, 0.3) is 0 Å². The molecule has 0 unspecified atom stereocenters. The summed E-state index contributed by atoms with van der Waals surface area (Å²) in [6.07, 6.45) is 0. The van der Waals surface area contributed by atoms with Crippen molar-refractivity contribution in [3.63, 3.8) is 0 Å². The zero-order chi connectivity index (χ0) is 12.7. The van der Waals surface area contributed by atoms with Gasteiger partial charge in [0.05, 0.1) is 5.38 Å². The van der Waals surface area contributed by atoms with Crippen LogP contribution in [0.15, 0.2) is 66.7 Å². The minimum atomic E-state index is 1.20. The molecule has 1 heterocycles. The summed E-state index contributed by atoms with van der Waals surface area (Å²) < 4.78 is 0. The van der Waals surface area contributed by atoms with Gasteiger partial charge in [-0.1, -0.05) is 66.7 Å². The van der Waals surface area contributed by atoms with Gasteiger partial charge in [0.1, 0.15) is 0 Å². The van der Waals surface area contributed by atoms with Crippen molar-refractivity contribution in [2.24, 2.45) is 0 Å². The first-order valence-electron chi connectivity index (χ1n) is 6.31. The standard InChI is InChI=1S/C18H11S/c1-3-9-15-13(6-1)8-5-11-17(15)18-16-10-4-2-7-14(16)12-19-18/h1-11H. The molecule has 0 aliphatic heterocycles. The fraction of sp³-hybridized carbons (Fsp3) is 0. The minimum Gasteiger partial charge on any atom is -0.133 e. The van der Waals surface area contributed by atoms with E-state index in [2.05, 4.69) is 72.1 Å².